The highest BCUT2D eigenvalue weighted by Gasteiger charge is 1.91. The zero-order valence-electron chi connectivity index (χ0n) is 14.1. The minimum absolute atomic E-state index is 0.394. The van der Waals surface area contributed by atoms with Crippen LogP contribution in [0.2, 0.25) is 0 Å². The first-order chi connectivity index (χ1) is 9.72. The third kappa shape index (κ3) is 22.4. The summed E-state index contributed by atoms with van der Waals surface area (Å²) in [6.07, 6.45) is 18.5. The standard InChI is InChI=1S/C14H30.C4H6O2/c1-3-5-7-9-11-13-14-12-10-8-6-4-2;1-3-4(5)6-2/h3-14H2,1-2H3;3H,1H2,2H3. The number of rotatable bonds is 12. The van der Waals surface area contributed by atoms with Crippen molar-refractivity contribution in [2.45, 2.75) is 90.9 Å². The number of esters is 1. The van der Waals surface area contributed by atoms with Crippen molar-refractivity contribution in [3.05, 3.63) is 12.7 Å². The maximum Gasteiger partial charge on any atom is 0.329 e. The molecule has 0 saturated carbocycles. The molecule has 0 spiro atoms. The molecule has 2 nitrogen and oxygen atoms in total. The Kier molecular flexibility index (Phi) is 22.1. The van der Waals surface area contributed by atoms with Crippen molar-refractivity contribution in [3.8, 4) is 0 Å². The molecule has 0 aliphatic rings. The highest BCUT2D eigenvalue weighted by atomic mass is 16.5. The average molecular weight is 284 g/mol. The molecule has 2 heteroatoms. The van der Waals surface area contributed by atoms with Gasteiger partial charge in [0.1, 0.15) is 0 Å². The Morgan fingerprint density at radius 3 is 1.25 bits per heavy atom. The average Bonchev–Trinajstić information content (AvgIpc) is 2.49. The van der Waals surface area contributed by atoms with Gasteiger partial charge in [-0.15, -0.1) is 0 Å². The molecule has 0 aliphatic heterocycles. The summed E-state index contributed by atoms with van der Waals surface area (Å²) < 4.78 is 4.14. The third-order valence-electron chi connectivity index (χ3n) is 3.32. The molecule has 0 unspecified atom stereocenters. The van der Waals surface area contributed by atoms with E-state index in [1.807, 2.05) is 0 Å². The maximum absolute atomic E-state index is 9.84. The third-order valence-corrected chi connectivity index (χ3v) is 3.32. The predicted molar refractivity (Wildman–Crippen MR) is 89.0 cm³/mol. The Labute approximate surface area is 127 Å². The molecule has 0 heterocycles. The second kappa shape index (κ2) is 20.5. The molecule has 120 valence electrons. The van der Waals surface area contributed by atoms with Crippen LogP contribution in [-0.4, -0.2) is 13.1 Å². The lowest BCUT2D eigenvalue weighted by molar-refractivity contribution is -0.134. The van der Waals surface area contributed by atoms with E-state index in [0.29, 0.717) is 0 Å². The molecule has 0 aromatic heterocycles. The molecule has 20 heavy (non-hydrogen) atoms. The van der Waals surface area contributed by atoms with E-state index >= 15 is 0 Å². The number of hydrogen-bond acceptors (Lipinski definition) is 2. The van der Waals surface area contributed by atoms with Gasteiger partial charge in [0.05, 0.1) is 7.11 Å². The monoisotopic (exact) mass is 284 g/mol. The number of methoxy groups -OCH3 is 1. The molecule has 0 amide bonds. The minimum Gasteiger partial charge on any atom is -0.466 e. The molecule has 0 saturated heterocycles. The Hall–Kier alpha value is -0.790. The summed E-state index contributed by atoms with van der Waals surface area (Å²) in [5, 5.41) is 0. The van der Waals surface area contributed by atoms with Crippen molar-refractivity contribution in [1.29, 1.82) is 0 Å². The summed E-state index contributed by atoms with van der Waals surface area (Å²) in [7, 11) is 1.31. The van der Waals surface area contributed by atoms with Crippen LogP contribution in [-0.2, 0) is 9.53 Å². The Morgan fingerprint density at radius 1 is 0.800 bits per heavy atom. The molecule has 0 fully saturated rings. The van der Waals surface area contributed by atoms with E-state index in [2.05, 4.69) is 25.2 Å². The van der Waals surface area contributed by atoms with Gasteiger partial charge in [-0.25, -0.2) is 4.79 Å². The van der Waals surface area contributed by atoms with Crippen molar-refractivity contribution in [1.82, 2.24) is 0 Å². The maximum atomic E-state index is 9.84. The van der Waals surface area contributed by atoms with Crippen LogP contribution >= 0.6 is 0 Å². The molecular formula is C18H36O2. The summed E-state index contributed by atoms with van der Waals surface area (Å²) >= 11 is 0. The zero-order valence-corrected chi connectivity index (χ0v) is 14.1. The second-order valence-electron chi connectivity index (χ2n) is 5.26. The topological polar surface area (TPSA) is 26.3 Å². The second-order valence-corrected chi connectivity index (χ2v) is 5.26. The molecular weight excluding hydrogens is 248 g/mol. The van der Waals surface area contributed by atoms with Crippen LogP contribution in [0, 0.1) is 0 Å². The van der Waals surface area contributed by atoms with Crippen LogP contribution in [0.3, 0.4) is 0 Å². The number of carbonyl (C=O) groups is 1. The van der Waals surface area contributed by atoms with E-state index in [1.54, 1.807) is 0 Å². The molecule has 0 radical (unpaired) electrons. The van der Waals surface area contributed by atoms with Crippen LogP contribution in [0.4, 0.5) is 0 Å². The van der Waals surface area contributed by atoms with E-state index in [0.717, 1.165) is 6.08 Å². The van der Waals surface area contributed by atoms with E-state index in [-0.39, 0.29) is 0 Å². The fraction of sp³-hybridized carbons (Fsp3) is 0.833. The van der Waals surface area contributed by atoms with Gasteiger partial charge in [-0.1, -0.05) is 97.5 Å². The first kappa shape index (κ1) is 21.5. The normalized spacial score (nSPS) is 9.55. The Balaban J connectivity index is 0. The van der Waals surface area contributed by atoms with Gasteiger partial charge in [0, 0.05) is 6.08 Å². The summed E-state index contributed by atoms with van der Waals surface area (Å²) in [5.41, 5.74) is 0. The van der Waals surface area contributed by atoms with Crippen LogP contribution in [0.5, 0.6) is 0 Å². The molecule has 0 aromatic rings. The first-order valence-corrected chi connectivity index (χ1v) is 8.43. The van der Waals surface area contributed by atoms with E-state index < -0.39 is 5.97 Å². The lowest BCUT2D eigenvalue weighted by Crippen LogP contribution is -1.91. The van der Waals surface area contributed by atoms with Gasteiger partial charge in [-0.2, -0.15) is 0 Å². The SMILES string of the molecule is C=CC(=O)OC.CCCCCCCCCCCCCC. The molecule has 0 aliphatic carbocycles. The highest BCUT2D eigenvalue weighted by Crippen LogP contribution is 2.11. The van der Waals surface area contributed by atoms with Crippen LogP contribution < -0.4 is 0 Å². The van der Waals surface area contributed by atoms with E-state index in [9.17, 15) is 4.79 Å². The van der Waals surface area contributed by atoms with Gasteiger partial charge >= 0.3 is 5.97 Å². The van der Waals surface area contributed by atoms with Crippen LogP contribution in [0.1, 0.15) is 90.9 Å². The van der Waals surface area contributed by atoms with Crippen molar-refractivity contribution < 1.29 is 9.53 Å². The lowest BCUT2D eigenvalue weighted by Gasteiger charge is -2.01. The van der Waals surface area contributed by atoms with Gasteiger partial charge in [0.25, 0.3) is 0 Å². The van der Waals surface area contributed by atoms with Gasteiger partial charge < -0.3 is 4.74 Å². The smallest absolute Gasteiger partial charge is 0.329 e. The summed E-state index contributed by atoms with van der Waals surface area (Å²) in [6, 6.07) is 0. The molecule has 0 rings (SSSR count). The summed E-state index contributed by atoms with van der Waals surface area (Å²) in [5.74, 6) is -0.394. The summed E-state index contributed by atoms with van der Waals surface area (Å²) in [6.45, 7) is 7.73. The molecule has 0 atom stereocenters. The fourth-order valence-corrected chi connectivity index (χ4v) is 2.00. The lowest BCUT2D eigenvalue weighted by atomic mass is 10.1. The predicted octanol–water partition coefficient (Wildman–Crippen LogP) is 6.05. The minimum atomic E-state index is -0.394. The molecule has 0 bridgehead atoms. The largest absolute Gasteiger partial charge is 0.466 e. The van der Waals surface area contributed by atoms with Gasteiger partial charge in [0.15, 0.2) is 0 Å². The van der Waals surface area contributed by atoms with Gasteiger partial charge in [0.2, 0.25) is 0 Å². The fourth-order valence-electron chi connectivity index (χ4n) is 2.00. The number of hydrogen-bond donors (Lipinski definition) is 0. The highest BCUT2D eigenvalue weighted by molar-refractivity contribution is 5.80. The first-order valence-electron chi connectivity index (χ1n) is 8.43. The quantitative estimate of drug-likeness (QED) is 0.247. The van der Waals surface area contributed by atoms with Crippen molar-refractivity contribution in [2.75, 3.05) is 7.11 Å². The zero-order chi connectivity index (χ0) is 15.5. The van der Waals surface area contributed by atoms with Crippen LogP contribution in [0.15, 0.2) is 12.7 Å². The Morgan fingerprint density at radius 2 is 1.10 bits per heavy atom. The van der Waals surface area contributed by atoms with Gasteiger partial charge in [-0.05, 0) is 0 Å². The van der Waals surface area contributed by atoms with Crippen molar-refractivity contribution in [2.24, 2.45) is 0 Å². The molecule has 0 N–H and O–H groups in total. The number of carbonyl (C=O) groups excluding carboxylic acids is 1. The molecule has 0 aromatic carbocycles. The summed E-state index contributed by atoms with van der Waals surface area (Å²) in [4.78, 5) is 9.84. The number of ether oxygens (including phenoxy) is 1. The Bertz CT molecular complexity index is 188. The van der Waals surface area contributed by atoms with Gasteiger partial charge in [-0.3, -0.25) is 0 Å². The van der Waals surface area contributed by atoms with E-state index in [4.69, 9.17) is 0 Å². The van der Waals surface area contributed by atoms with E-state index in [1.165, 1.54) is 84.2 Å². The van der Waals surface area contributed by atoms with Crippen LogP contribution in [0.25, 0.3) is 0 Å². The number of unbranched alkanes of at least 4 members (excludes halogenated alkanes) is 11. The van der Waals surface area contributed by atoms with Crippen molar-refractivity contribution >= 4 is 5.97 Å². The van der Waals surface area contributed by atoms with Crippen molar-refractivity contribution in [3.63, 3.8) is 0 Å².